The highest BCUT2D eigenvalue weighted by molar-refractivity contribution is 7.65. The van der Waals surface area contributed by atoms with E-state index in [4.69, 9.17) is 66.5 Å². The normalized spacial score (nSPS) is 13.5. The lowest BCUT2D eigenvalue weighted by molar-refractivity contribution is 0.529. The van der Waals surface area contributed by atoms with Gasteiger partial charge in [0.15, 0.2) is 0 Å². The molecule has 2 unspecified atom stereocenters. The zero-order valence-electron chi connectivity index (χ0n) is 29.6. The minimum atomic E-state index is -2.53. The SMILES string of the molecule is CCCCCCCCCC(CCCCCCCC)[Si](Cl)(Cl)Cl.CCCCCCCCCC(CCCCCCCC)[Si](Cl)(Cl)Cl. The highest BCUT2D eigenvalue weighted by Crippen LogP contribution is 2.42. The van der Waals surface area contributed by atoms with Gasteiger partial charge in [0.1, 0.15) is 0 Å². The molecule has 0 aliphatic rings. The molecule has 0 aromatic rings. The summed E-state index contributed by atoms with van der Waals surface area (Å²) in [5.74, 6) is 0. The Kier molecular flexibility index (Phi) is 38.4. The second-order valence-electron chi connectivity index (χ2n) is 13.4. The van der Waals surface area contributed by atoms with Crippen molar-refractivity contribution in [2.24, 2.45) is 0 Å². The van der Waals surface area contributed by atoms with E-state index in [-0.39, 0.29) is 0 Å². The molecule has 0 aromatic carbocycles. The van der Waals surface area contributed by atoms with Crippen LogP contribution in [0.4, 0.5) is 0 Å². The summed E-state index contributed by atoms with van der Waals surface area (Å²) in [7, 11) is 0. The molecule has 0 amide bonds. The Hall–Kier alpha value is 2.17. The highest BCUT2D eigenvalue weighted by atomic mass is 35.8. The quantitative estimate of drug-likeness (QED) is 0.0363. The van der Waals surface area contributed by atoms with Crippen LogP contribution in [0.15, 0.2) is 0 Å². The van der Waals surface area contributed by atoms with E-state index in [0.29, 0.717) is 11.1 Å². The lowest BCUT2D eigenvalue weighted by Gasteiger charge is -2.22. The third-order valence-electron chi connectivity index (χ3n) is 9.05. The van der Waals surface area contributed by atoms with Crippen LogP contribution >= 0.6 is 66.5 Å². The molecule has 2 atom stereocenters. The summed E-state index contributed by atoms with van der Waals surface area (Å²) in [6, 6.07) is -5.05. The third-order valence-corrected chi connectivity index (χ3v) is 17.6. The van der Waals surface area contributed by atoms with Crippen molar-refractivity contribution in [3.63, 3.8) is 0 Å². The van der Waals surface area contributed by atoms with Crippen LogP contribution in [-0.4, -0.2) is 12.0 Å². The molecule has 0 saturated carbocycles. The number of halogens is 6. The highest BCUT2D eigenvalue weighted by Gasteiger charge is 2.36. The first-order valence-corrected chi connectivity index (χ1v) is 29.4. The van der Waals surface area contributed by atoms with Crippen LogP contribution in [0.3, 0.4) is 0 Å². The molecule has 0 bridgehead atoms. The van der Waals surface area contributed by atoms with E-state index in [1.165, 1.54) is 167 Å². The van der Waals surface area contributed by atoms with Gasteiger partial charge < -0.3 is 0 Å². The molecule has 0 nitrogen and oxygen atoms in total. The molecule has 0 aliphatic carbocycles. The monoisotopic (exact) mass is 772 g/mol. The van der Waals surface area contributed by atoms with Gasteiger partial charge in [-0.2, -0.15) is 0 Å². The van der Waals surface area contributed by atoms with Gasteiger partial charge in [0.05, 0.1) is 0 Å². The Labute approximate surface area is 307 Å². The van der Waals surface area contributed by atoms with Crippen molar-refractivity contribution >= 4 is 78.5 Å². The lowest BCUT2D eigenvalue weighted by atomic mass is 10.0. The van der Waals surface area contributed by atoms with Gasteiger partial charge in [-0.25, -0.2) is 0 Å². The second kappa shape index (κ2) is 35.0. The number of unbranched alkanes of at least 4 members (excludes halogenated alkanes) is 22. The molecular formula is C36H74Cl6Si2. The van der Waals surface area contributed by atoms with E-state index in [1.54, 1.807) is 0 Å². The smallest absolute Gasteiger partial charge is 0.126 e. The van der Waals surface area contributed by atoms with Gasteiger partial charge in [0.2, 0.25) is 0 Å². The molecule has 8 heteroatoms. The van der Waals surface area contributed by atoms with Gasteiger partial charge >= 0.3 is 12.0 Å². The minimum absolute atomic E-state index is 0.374. The van der Waals surface area contributed by atoms with Gasteiger partial charge in [-0.1, -0.05) is 195 Å². The third kappa shape index (κ3) is 35.5. The maximum atomic E-state index is 6.31. The van der Waals surface area contributed by atoms with Crippen LogP contribution < -0.4 is 0 Å². The lowest BCUT2D eigenvalue weighted by Crippen LogP contribution is -2.20. The number of hydrogen-bond acceptors (Lipinski definition) is 0. The maximum Gasteiger partial charge on any atom is 0.344 e. The van der Waals surface area contributed by atoms with Gasteiger partial charge in [-0.15, -0.1) is 66.5 Å². The largest absolute Gasteiger partial charge is 0.344 e. The molecule has 0 aliphatic heterocycles. The Morgan fingerprint density at radius 3 is 0.591 bits per heavy atom. The van der Waals surface area contributed by atoms with E-state index >= 15 is 0 Å². The summed E-state index contributed by atoms with van der Waals surface area (Å²) in [6.07, 6.45) is 39.1. The van der Waals surface area contributed by atoms with Crippen molar-refractivity contribution in [1.82, 2.24) is 0 Å². The van der Waals surface area contributed by atoms with E-state index < -0.39 is 12.0 Å². The van der Waals surface area contributed by atoms with E-state index in [2.05, 4.69) is 27.7 Å². The van der Waals surface area contributed by atoms with Crippen LogP contribution in [0, 0.1) is 0 Å². The zero-order chi connectivity index (χ0) is 33.4. The molecule has 0 N–H and O–H groups in total. The summed E-state index contributed by atoms with van der Waals surface area (Å²) in [4.78, 5) is 0. The average molecular weight is 776 g/mol. The molecule has 0 radical (unpaired) electrons. The molecule has 268 valence electrons. The molecule has 0 aromatic heterocycles. The molecule has 44 heavy (non-hydrogen) atoms. The Morgan fingerprint density at radius 1 is 0.273 bits per heavy atom. The topological polar surface area (TPSA) is 0 Å². The fraction of sp³-hybridized carbons (Fsp3) is 1.00. The van der Waals surface area contributed by atoms with Crippen molar-refractivity contribution in [2.45, 2.75) is 231 Å². The summed E-state index contributed by atoms with van der Waals surface area (Å²) < 4.78 is 0. The number of hydrogen-bond donors (Lipinski definition) is 0. The predicted molar refractivity (Wildman–Crippen MR) is 215 cm³/mol. The van der Waals surface area contributed by atoms with Crippen molar-refractivity contribution in [2.75, 3.05) is 0 Å². The molecule has 0 spiro atoms. The standard InChI is InChI=1S/2C18H37Cl3Si/c2*1-3-5-7-9-11-13-15-17-18(22(19,20)21)16-14-12-10-8-6-4-2/h2*18H,3-17H2,1-2H3. The number of rotatable bonds is 32. The first kappa shape index (κ1) is 48.3. The summed E-state index contributed by atoms with van der Waals surface area (Å²) in [5.41, 5.74) is 0.749. The molecule has 0 saturated heterocycles. The molecule has 0 heterocycles. The van der Waals surface area contributed by atoms with Crippen molar-refractivity contribution in [3.8, 4) is 0 Å². The van der Waals surface area contributed by atoms with Crippen molar-refractivity contribution in [3.05, 3.63) is 0 Å². The van der Waals surface area contributed by atoms with E-state index in [9.17, 15) is 0 Å². The summed E-state index contributed by atoms with van der Waals surface area (Å²) in [5, 5.41) is 0. The van der Waals surface area contributed by atoms with Gasteiger partial charge in [0, 0.05) is 0 Å². The Morgan fingerprint density at radius 2 is 0.432 bits per heavy atom. The van der Waals surface area contributed by atoms with Crippen molar-refractivity contribution < 1.29 is 0 Å². The van der Waals surface area contributed by atoms with Crippen LogP contribution in [0.1, 0.15) is 220 Å². The van der Waals surface area contributed by atoms with E-state index in [1.807, 2.05) is 0 Å². The van der Waals surface area contributed by atoms with Crippen LogP contribution in [-0.2, 0) is 0 Å². The summed E-state index contributed by atoms with van der Waals surface area (Å²) >= 11 is 37.9. The Bertz CT molecular complexity index is 506. The molecule has 0 rings (SSSR count). The second-order valence-corrected chi connectivity index (χ2v) is 31.4. The minimum Gasteiger partial charge on any atom is -0.126 e. The van der Waals surface area contributed by atoms with Crippen LogP contribution in [0.2, 0.25) is 11.1 Å². The van der Waals surface area contributed by atoms with E-state index in [0.717, 1.165) is 25.7 Å². The van der Waals surface area contributed by atoms with Crippen molar-refractivity contribution in [1.29, 1.82) is 0 Å². The first-order chi connectivity index (χ1) is 21.0. The maximum absolute atomic E-state index is 6.31. The molecular weight excluding hydrogens is 701 g/mol. The van der Waals surface area contributed by atoms with Gasteiger partial charge in [-0.3, -0.25) is 0 Å². The van der Waals surface area contributed by atoms with Gasteiger partial charge in [-0.05, 0) is 36.8 Å². The van der Waals surface area contributed by atoms with Gasteiger partial charge in [0.25, 0.3) is 0 Å². The summed E-state index contributed by atoms with van der Waals surface area (Å²) in [6.45, 7) is 9.04. The van der Waals surface area contributed by atoms with Crippen LogP contribution in [0.25, 0.3) is 0 Å². The fourth-order valence-electron chi connectivity index (χ4n) is 5.98. The average Bonchev–Trinajstić information content (AvgIpc) is 2.96. The molecule has 0 fully saturated rings. The zero-order valence-corrected chi connectivity index (χ0v) is 36.2. The fourth-order valence-corrected chi connectivity index (χ4v) is 12.0. The first-order valence-electron chi connectivity index (χ1n) is 19.2. The Balaban J connectivity index is 0. The predicted octanol–water partition coefficient (Wildman–Crippen LogP) is 17.8. The van der Waals surface area contributed by atoms with Crippen LogP contribution in [0.5, 0.6) is 0 Å².